The van der Waals surface area contributed by atoms with Crippen molar-refractivity contribution in [3.63, 3.8) is 0 Å². The lowest BCUT2D eigenvalue weighted by atomic mass is 9.81. The number of non-ortho nitro benzene ring substituents is 1. The SMILES string of the molecule is O=C1[C@H]2[C@@H]3CC[C@@H](C3)[C@@H]2C(=O)N1c1ccc(-c2nc(-c3ccc([N+](=O)[O-])cc3)no2)cc1. The van der Waals surface area contributed by atoms with Gasteiger partial charge in [-0.05, 0) is 67.5 Å². The number of nitro groups is 1. The van der Waals surface area contributed by atoms with Gasteiger partial charge in [-0.25, -0.2) is 0 Å². The van der Waals surface area contributed by atoms with Crippen LogP contribution in [0.15, 0.2) is 53.1 Å². The van der Waals surface area contributed by atoms with Crippen molar-refractivity contribution in [2.45, 2.75) is 19.3 Å². The summed E-state index contributed by atoms with van der Waals surface area (Å²) in [6.07, 6.45) is 3.10. The Balaban J connectivity index is 1.24. The van der Waals surface area contributed by atoms with Crippen LogP contribution in [-0.4, -0.2) is 26.9 Å². The number of fused-ring (bicyclic) bond motifs is 5. The number of rotatable bonds is 4. The molecule has 3 aliphatic rings. The van der Waals surface area contributed by atoms with Crippen molar-refractivity contribution < 1.29 is 19.0 Å². The monoisotopic (exact) mass is 430 g/mol. The summed E-state index contributed by atoms with van der Waals surface area (Å²) < 4.78 is 5.34. The van der Waals surface area contributed by atoms with E-state index in [1.165, 1.54) is 17.0 Å². The Morgan fingerprint density at radius 2 is 1.50 bits per heavy atom. The maximum absolute atomic E-state index is 13.0. The largest absolute Gasteiger partial charge is 0.334 e. The number of nitrogens with zero attached hydrogens (tertiary/aromatic N) is 4. The Kier molecular flexibility index (Phi) is 4.01. The fraction of sp³-hybridized carbons (Fsp3) is 0.304. The zero-order valence-corrected chi connectivity index (χ0v) is 16.9. The van der Waals surface area contributed by atoms with E-state index < -0.39 is 4.92 Å². The summed E-state index contributed by atoms with van der Waals surface area (Å²) in [6.45, 7) is 0. The highest BCUT2D eigenvalue weighted by Gasteiger charge is 2.61. The van der Waals surface area contributed by atoms with E-state index in [-0.39, 0.29) is 35.2 Å². The quantitative estimate of drug-likeness (QED) is 0.350. The average Bonchev–Trinajstić information content (AvgIpc) is 3.58. The van der Waals surface area contributed by atoms with Gasteiger partial charge in [0.05, 0.1) is 22.4 Å². The number of carbonyl (C=O) groups is 2. The Morgan fingerprint density at radius 1 is 0.906 bits per heavy atom. The molecule has 4 atom stereocenters. The fourth-order valence-corrected chi connectivity index (χ4v) is 5.61. The number of nitro benzene ring substituents is 1. The van der Waals surface area contributed by atoms with Crippen molar-refractivity contribution in [2.24, 2.45) is 23.7 Å². The van der Waals surface area contributed by atoms with Crippen molar-refractivity contribution in [3.8, 4) is 22.8 Å². The highest BCUT2D eigenvalue weighted by atomic mass is 16.6. The van der Waals surface area contributed by atoms with Gasteiger partial charge >= 0.3 is 0 Å². The second kappa shape index (κ2) is 6.81. The van der Waals surface area contributed by atoms with E-state index in [0.29, 0.717) is 34.5 Å². The van der Waals surface area contributed by atoms with Gasteiger partial charge in [0.15, 0.2) is 0 Å². The van der Waals surface area contributed by atoms with E-state index in [9.17, 15) is 19.7 Å². The highest BCUT2D eigenvalue weighted by molar-refractivity contribution is 6.22. The third-order valence-electron chi connectivity index (χ3n) is 7.06. The van der Waals surface area contributed by atoms with E-state index in [4.69, 9.17) is 4.52 Å². The van der Waals surface area contributed by atoms with Crippen LogP contribution < -0.4 is 4.90 Å². The smallest absolute Gasteiger partial charge is 0.269 e. The number of hydrogen-bond donors (Lipinski definition) is 0. The van der Waals surface area contributed by atoms with Crippen LogP contribution in [0.5, 0.6) is 0 Å². The molecule has 32 heavy (non-hydrogen) atoms. The molecule has 2 aromatic carbocycles. The molecule has 0 N–H and O–H groups in total. The lowest BCUT2D eigenvalue weighted by Gasteiger charge is -2.19. The maximum atomic E-state index is 13.0. The van der Waals surface area contributed by atoms with Crippen molar-refractivity contribution >= 4 is 23.2 Å². The van der Waals surface area contributed by atoms with Gasteiger partial charge in [0, 0.05) is 23.3 Å². The molecule has 1 saturated heterocycles. The predicted molar refractivity (Wildman–Crippen MR) is 112 cm³/mol. The molecule has 1 aliphatic heterocycles. The zero-order valence-electron chi connectivity index (χ0n) is 16.9. The molecular weight excluding hydrogens is 412 g/mol. The van der Waals surface area contributed by atoms with Gasteiger partial charge in [-0.3, -0.25) is 24.6 Å². The van der Waals surface area contributed by atoms with Crippen molar-refractivity contribution in [1.29, 1.82) is 0 Å². The average molecular weight is 430 g/mol. The molecule has 9 nitrogen and oxygen atoms in total. The first-order chi connectivity index (χ1) is 15.5. The van der Waals surface area contributed by atoms with Crippen molar-refractivity contribution in [2.75, 3.05) is 4.90 Å². The Morgan fingerprint density at radius 3 is 2.09 bits per heavy atom. The molecule has 3 fully saturated rings. The van der Waals surface area contributed by atoms with Crippen LogP contribution in [0.1, 0.15) is 19.3 Å². The standard InChI is InChI=1S/C23H18N4O5/c28-22-18-14-1-2-15(11-14)19(18)23(29)26(22)16-7-5-13(6-8-16)21-24-20(25-32-21)12-3-9-17(10-4-12)27(30)31/h3-10,14-15,18-19H,1-2,11H2/t14-,15+,18-,19-/m0/s1. The van der Waals surface area contributed by atoms with Gasteiger partial charge in [0.25, 0.3) is 11.6 Å². The number of amides is 2. The van der Waals surface area contributed by atoms with E-state index in [2.05, 4.69) is 10.1 Å². The molecule has 0 spiro atoms. The maximum Gasteiger partial charge on any atom is 0.269 e. The fourth-order valence-electron chi connectivity index (χ4n) is 5.61. The molecule has 2 amide bonds. The van der Waals surface area contributed by atoms with Gasteiger partial charge in [-0.2, -0.15) is 4.98 Å². The lowest BCUT2D eigenvalue weighted by Crippen LogP contribution is -2.32. The van der Waals surface area contributed by atoms with Crippen LogP contribution in [-0.2, 0) is 9.59 Å². The van der Waals surface area contributed by atoms with Gasteiger partial charge in [-0.15, -0.1) is 0 Å². The third-order valence-corrected chi connectivity index (χ3v) is 7.06. The number of imide groups is 1. The van der Waals surface area contributed by atoms with Gasteiger partial charge in [0.1, 0.15) is 0 Å². The molecule has 3 aromatic rings. The number of benzene rings is 2. The molecule has 2 aliphatic carbocycles. The molecular formula is C23H18N4O5. The number of carbonyl (C=O) groups excluding carboxylic acids is 2. The molecule has 2 bridgehead atoms. The first kappa shape index (κ1) is 18.9. The van der Waals surface area contributed by atoms with Crippen LogP contribution in [0.2, 0.25) is 0 Å². The number of aromatic nitrogens is 2. The summed E-state index contributed by atoms with van der Waals surface area (Å²) in [7, 11) is 0. The van der Waals surface area contributed by atoms with E-state index >= 15 is 0 Å². The van der Waals surface area contributed by atoms with Gasteiger partial charge in [0.2, 0.25) is 17.6 Å². The molecule has 160 valence electrons. The summed E-state index contributed by atoms with van der Waals surface area (Å²) in [5.74, 6) is 0.841. The van der Waals surface area contributed by atoms with E-state index in [1.807, 2.05) is 0 Å². The minimum Gasteiger partial charge on any atom is -0.334 e. The molecule has 9 heteroatoms. The topological polar surface area (TPSA) is 119 Å². The Hall–Kier alpha value is -3.88. The highest BCUT2D eigenvalue weighted by Crippen LogP contribution is 2.56. The second-order valence-corrected chi connectivity index (χ2v) is 8.67. The minimum atomic E-state index is -0.471. The number of hydrogen-bond acceptors (Lipinski definition) is 7. The molecule has 2 heterocycles. The molecule has 0 radical (unpaired) electrons. The number of anilines is 1. The first-order valence-corrected chi connectivity index (χ1v) is 10.6. The predicted octanol–water partition coefficient (Wildman–Crippen LogP) is 3.85. The van der Waals surface area contributed by atoms with Gasteiger partial charge < -0.3 is 4.52 Å². The third kappa shape index (κ3) is 2.70. The minimum absolute atomic E-state index is 0.0174. The summed E-state index contributed by atoms with van der Waals surface area (Å²) in [5.41, 5.74) is 1.79. The van der Waals surface area contributed by atoms with E-state index in [0.717, 1.165) is 19.3 Å². The molecule has 6 rings (SSSR count). The summed E-state index contributed by atoms with van der Waals surface area (Å²) in [5, 5.41) is 14.8. The summed E-state index contributed by atoms with van der Waals surface area (Å²) in [4.78, 5) is 42.0. The van der Waals surface area contributed by atoms with Crippen LogP contribution >= 0.6 is 0 Å². The van der Waals surface area contributed by atoms with E-state index in [1.54, 1.807) is 36.4 Å². The van der Waals surface area contributed by atoms with Crippen molar-refractivity contribution in [1.82, 2.24) is 10.1 Å². The molecule has 1 aromatic heterocycles. The van der Waals surface area contributed by atoms with Crippen LogP contribution in [0.3, 0.4) is 0 Å². The molecule has 2 saturated carbocycles. The summed E-state index contributed by atoms with van der Waals surface area (Å²) >= 11 is 0. The zero-order chi connectivity index (χ0) is 22.0. The van der Waals surface area contributed by atoms with Crippen molar-refractivity contribution in [3.05, 3.63) is 58.6 Å². The van der Waals surface area contributed by atoms with Crippen LogP contribution in [0.4, 0.5) is 11.4 Å². The van der Waals surface area contributed by atoms with Gasteiger partial charge in [-0.1, -0.05) is 5.16 Å². The Bertz CT molecular complexity index is 1220. The normalized spacial score (nSPS) is 26.1. The lowest BCUT2D eigenvalue weighted by molar-refractivity contribution is -0.384. The second-order valence-electron chi connectivity index (χ2n) is 8.67. The summed E-state index contributed by atoms with van der Waals surface area (Å²) in [6, 6.07) is 12.8. The first-order valence-electron chi connectivity index (χ1n) is 10.6. The van der Waals surface area contributed by atoms with Crippen LogP contribution in [0.25, 0.3) is 22.8 Å². The van der Waals surface area contributed by atoms with Crippen LogP contribution in [0, 0.1) is 33.8 Å². The Labute approximate surface area is 182 Å². The molecule has 0 unspecified atom stereocenters.